The van der Waals surface area contributed by atoms with E-state index in [0.29, 0.717) is 22.9 Å². The number of fused-ring (bicyclic) bond motifs is 1. The number of hydrogen-bond acceptors (Lipinski definition) is 6. The van der Waals surface area contributed by atoms with Crippen LogP contribution in [0.4, 0.5) is 5.95 Å². The van der Waals surface area contributed by atoms with Crippen molar-refractivity contribution in [1.82, 2.24) is 9.55 Å². The molecule has 1 aliphatic rings. The highest BCUT2D eigenvalue weighted by molar-refractivity contribution is 6.10. The zero-order valence-corrected chi connectivity index (χ0v) is 18.7. The van der Waals surface area contributed by atoms with Gasteiger partial charge in [0.1, 0.15) is 0 Å². The summed E-state index contributed by atoms with van der Waals surface area (Å²) in [7, 11) is 6.32. The zero-order chi connectivity index (χ0) is 23.0. The molecule has 3 aromatic rings. The molecular weight excluding hydrogens is 406 g/mol. The number of carbonyl (C=O) groups excluding carboxylic acids is 2. The van der Waals surface area contributed by atoms with Crippen molar-refractivity contribution >= 4 is 23.5 Å². The lowest BCUT2D eigenvalue weighted by atomic mass is 9.93. The summed E-state index contributed by atoms with van der Waals surface area (Å²) in [5.41, 5.74) is 4.97. The van der Waals surface area contributed by atoms with Crippen molar-refractivity contribution in [2.45, 2.75) is 13.0 Å². The van der Waals surface area contributed by atoms with Gasteiger partial charge in [0.05, 0.1) is 31.2 Å². The molecule has 0 fully saturated rings. The van der Waals surface area contributed by atoms with Gasteiger partial charge in [-0.05, 0) is 12.5 Å². The van der Waals surface area contributed by atoms with Crippen molar-refractivity contribution in [2.75, 3.05) is 33.2 Å². The highest BCUT2D eigenvalue weighted by Gasteiger charge is 2.45. The van der Waals surface area contributed by atoms with E-state index in [1.54, 1.807) is 4.57 Å². The van der Waals surface area contributed by atoms with Crippen molar-refractivity contribution in [3.63, 3.8) is 0 Å². The molecule has 32 heavy (non-hydrogen) atoms. The van der Waals surface area contributed by atoms with Crippen LogP contribution in [-0.4, -0.2) is 49.8 Å². The molecule has 7 heteroatoms. The Kier molecular flexibility index (Phi) is 5.57. The molecule has 2 aromatic carbocycles. The molecule has 2 heterocycles. The number of aryl methyl sites for hydroxylation is 1. The molecule has 1 aromatic heterocycles. The minimum Gasteiger partial charge on any atom is -0.467 e. The summed E-state index contributed by atoms with van der Waals surface area (Å²) >= 11 is 0. The molecule has 1 aliphatic heterocycles. The fraction of sp³-hybridized carbons (Fsp3) is 0.240. The summed E-state index contributed by atoms with van der Waals surface area (Å²) in [5, 5.41) is 0. The first-order valence-corrected chi connectivity index (χ1v) is 10.2. The highest BCUT2D eigenvalue weighted by Crippen LogP contribution is 2.48. The van der Waals surface area contributed by atoms with Gasteiger partial charge in [-0.25, -0.2) is 14.6 Å². The summed E-state index contributed by atoms with van der Waals surface area (Å²) in [6, 6.07) is 16.5. The molecule has 1 atom stereocenters. The van der Waals surface area contributed by atoms with E-state index < -0.39 is 18.0 Å². The normalized spacial score (nSPS) is 14.8. The number of imidazole rings is 1. The Morgan fingerprint density at radius 3 is 2.16 bits per heavy atom. The number of rotatable bonds is 5. The van der Waals surface area contributed by atoms with Crippen molar-refractivity contribution in [1.29, 1.82) is 0 Å². The SMILES string of the molecule is COC(=O)C1=C(c2ccc(C)cc2)c2c(-c3ccccc3)nc(N(C)C)n2C1C(=O)OC. The van der Waals surface area contributed by atoms with Crippen molar-refractivity contribution in [2.24, 2.45) is 0 Å². The summed E-state index contributed by atoms with van der Waals surface area (Å²) < 4.78 is 12.0. The minimum atomic E-state index is -1.01. The lowest BCUT2D eigenvalue weighted by Crippen LogP contribution is -2.27. The maximum Gasteiger partial charge on any atom is 0.337 e. The Bertz CT molecular complexity index is 1210. The summed E-state index contributed by atoms with van der Waals surface area (Å²) in [5.74, 6) is -0.602. The number of anilines is 1. The summed E-state index contributed by atoms with van der Waals surface area (Å²) in [4.78, 5) is 32.8. The minimum absolute atomic E-state index is 0.237. The third kappa shape index (κ3) is 3.36. The molecule has 0 amide bonds. The van der Waals surface area contributed by atoms with E-state index in [1.807, 2.05) is 80.5 Å². The molecule has 0 saturated heterocycles. The molecule has 164 valence electrons. The maximum absolute atomic E-state index is 13.1. The van der Waals surface area contributed by atoms with E-state index in [1.165, 1.54) is 14.2 Å². The molecule has 0 radical (unpaired) electrons. The van der Waals surface area contributed by atoms with Crippen LogP contribution in [-0.2, 0) is 19.1 Å². The molecule has 0 spiro atoms. The smallest absolute Gasteiger partial charge is 0.337 e. The number of nitrogens with zero attached hydrogens (tertiary/aromatic N) is 3. The van der Waals surface area contributed by atoms with Crippen LogP contribution in [0, 0.1) is 6.92 Å². The quantitative estimate of drug-likeness (QED) is 0.575. The number of methoxy groups -OCH3 is 2. The van der Waals surface area contributed by atoms with Crippen LogP contribution < -0.4 is 4.90 Å². The van der Waals surface area contributed by atoms with Crippen LogP contribution in [0.25, 0.3) is 16.8 Å². The Labute approximate surface area is 186 Å². The number of esters is 2. The molecule has 0 bridgehead atoms. The second-order valence-corrected chi connectivity index (χ2v) is 7.81. The largest absolute Gasteiger partial charge is 0.467 e. The zero-order valence-electron chi connectivity index (χ0n) is 18.7. The van der Waals surface area contributed by atoms with Crippen LogP contribution in [0.2, 0.25) is 0 Å². The molecule has 0 saturated carbocycles. The van der Waals surface area contributed by atoms with Crippen molar-refractivity contribution < 1.29 is 19.1 Å². The first-order chi connectivity index (χ1) is 15.4. The van der Waals surface area contributed by atoms with Crippen molar-refractivity contribution in [3.05, 3.63) is 77.0 Å². The van der Waals surface area contributed by atoms with Gasteiger partial charge >= 0.3 is 11.9 Å². The third-order valence-corrected chi connectivity index (χ3v) is 5.55. The monoisotopic (exact) mass is 431 g/mol. The lowest BCUT2D eigenvalue weighted by molar-refractivity contribution is -0.146. The van der Waals surface area contributed by atoms with Gasteiger partial charge in [-0.15, -0.1) is 0 Å². The van der Waals surface area contributed by atoms with Crippen molar-refractivity contribution in [3.8, 4) is 11.3 Å². The van der Waals surface area contributed by atoms with Gasteiger partial charge in [0, 0.05) is 25.2 Å². The second kappa shape index (κ2) is 8.34. The summed E-state index contributed by atoms with van der Waals surface area (Å²) in [6.45, 7) is 2.00. The van der Waals surface area contributed by atoms with Gasteiger partial charge in [-0.3, -0.25) is 4.57 Å². The predicted molar refractivity (Wildman–Crippen MR) is 122 cm³/mol. The van der Waals surface area contributed by atoms with Crippen LogP contribution >= 0.6 is 0 Å². The lowest BCUT2D eigenvalue weighted by Gasteiger charge is -2.19. The number of carbonyl (C=O) groups is 2. The van der Waals surface area contributed by atoms with Crippen LogP contribution in [0.1, 0.15) is 22.9 Å². The standard InChI is InChI=1S/C25H25N3O4/c1-15-11-13-16(14-12-15)18-19(23(29)31-4)22(24(30)32-5)28-21(18)20(26-25(28)27(2)3)17-9-7-6-8-10-17/h6-14,22H,1-5H3. The number of ether oxygens (including phenoxy) is 2. The van der Waals surface area contributed by atoms with Gasteiger partial charge < -0.3 is 14.4 Å². The Balaban J connectivity index is 2.14. The van der Waals surface area contributed by atoms with E-state index in [9.17, 15) is 9.59 Å². The van der Waals surface area contributed by atoms with Crippen LogP contribution in [0.15, 0.2) is 60.2 Å². The third-order valence-electron chi connectivity index (χ3n) is 5.55. The fourth-order valence-corrected chi connectivity index (χ4v) is 4.08. The number of benzene rings is 2. The van der Waals surface area contributed by atoms with E-state index in [0.717, 1.165) is 16.7 Å². The Hall–Kier alpha value is -3.87. The van der Waals surface area contributed by atoms with Gasteiger partial charge in [0.2, 0.25) is 5.95 Å². The van der Waals surface area contributed by atoms with Gasteiger partial charge in [0.25, 0.3) is 0 Å². The second-order valence-electron chi connectivity index (χ2n) is 7.81. The average Bonchev–Trinajstić information content (AvgIpc) is 3.35. The van der Waals surface area contributed by atoms with Crippen LogP contribution in [0.5, 0.6) is 0 Å². The molecule has 4 rings (SSSR count). The Morgan fingerprint density at radius 1 is 0.938 bits per heavy atom. The van der Waals surface area contributed by atoms with E-state index >= 15 is 0 Å². The number of hydrogen-bond donors (Lipinski definition) is 0. The molecule has 1 unspecified atom stereocenters. The van der Waals surface area contributed by atoms with Gasteiger partial charge in [-0.1, -0.05) is 60.2 Å². The molecule has 7 nitrogen and oxygen atoms in total. The fourth-order valence-electron chi connectivity index (χ4n) is 4.08. The first-order valence-electron chi connectivity index (χ1n) is 10.2. The molecule has 0 aliphatic carbocycles. The van der Waals surface area contributed by atoms with E-state index in [2.05, 4.69) is 0 Å². The summed E-state index contributed by atoms with van der Waals surface area (Å²) in [6.07, 6.45) is 0. The maximum atomic E-state index is 13.1. The molecule has 0 N–H and O–H groups in total. The van der Waals surface area contributed by atoms with Crippen LogP contribution in [0.3, 0.4) is 0 Å². The van der Waals surface area contributed by atoms with E-state index in [-0.39, 0.29) is 5.57 Å². The first kappa shape index (κ1) is 21.4. The van der Waals surface area contributed by atoms with Gasteiger partial charge in [0.15, 0.2) is 6.04 Å². The van der Waals surface area contributed by atoms with Gasteiger partial charge in [-0.2, -0.15) is 0 Å². The van der Waals surface area contributed by atoms with E-state index in [4.69, 9.17) is 14.5 Å². The average molecular weight is 431 g/mol. The number of aromatic nitrogens is 2. The predicted octanol–water partition coefficient (Wildman–Crippen LogP) is 3.63. The Morgan fingerprint density at radius 2 is 1.59 bits per heavy atom. The highest BCUT2D eigenvalue weighted by atomic mass is 16.5. The molecular formula is C25H25N3O4. The topological polar surface area (TPSA) is 73.7 Å².